The fourth-order valence-corrected chi connectivity index (χ4v) is 2.24. The normalized spacial score (nSPS) is 10.4. The SMILES string of the molecule is O=C(NCCF)c1cc(Nc2ccnc(-c3cccnc3)n2)ccc1F. The average molecular weight is 355 g/mol. The first-order chi connectivity index (χ1) is 12.7. The van der Waals surface area contributed by atoms with Crippen molar-refractivity contribution in [3.8, 4) is 11.4 Å². The lowest BCUT2D eigenvalue weighted by Gasteiger charge is -2.10. The molecule has 2 heterocycles. The summed E-state index contributed by atoms with van der Waals surface area (Å²) in [6, 6.07) is 9.24. The van der Waals surface area contributed by atoms with E-state index in [0.717, 1.165) is 11.6 Å². The summed E-state index contributed by atoms with van der Waals surface area (Å²) < 4.78 is 26.0. The van der Waals surface area contributed by atoms with Crippen LogP contribution in [0.3, 0.4) is 0 Å². The lowest BCUT2D eigenvalue weighted by Crippen LogP contribution is -2.26. The molecule has 3 aromatic rings. The molecule has 0 fully saturated rings. The van der Waals surface area contributed by atoms with Crippen molar-refractivity contribution in [3.63, 3.8) is 0 Å². The van der Waals surface area contributed by atoms with E-state index in [1.165, 1.54) is 12.1 Å². The predicted molar refractivity (Wildman–Crippen MR) is 93.3 cm³/mol. The van der Waals surface area contributed by atoms with E-state index in [4.69, 9.17) is 0 Å². The number of carbonyl (C=O) groups excluding carboxylic acids is 1. The van der Waals surface area contributed by atoms with Crippen LogP contribution in [0, 0.1) is 5.82 Å². The Labute approximate surface area is 148 Å². The Morgan fingerprint density at radius 2 is 2.04 bits per heavy atom. The summed E-state index contributed by atoms with van der Waals surface area (Å²) in [5.41, 5.74) is 1.04. The van der Waals surface area contributed by atoms with Crippen molar-refractivity contribution in [2.75, 3.05) is 18.5 Å². The second-order valence-corrected chi connectivity index (χ2v) is 5.27. The molecule has 0 saturated carbocycles. The number of rotatable bonds is 6. The molecule has 0 bridgehead atoms. The topological polar surface area (TPSA) is 79.8 Å². The van der Waals surface area contributed by atoms with Crippen LogP contribution >= 0.6 is 0 Å². The number of pyridine rings is 1. The summed E-state index contributed by atoms with van der Waals surface area (Å²) in [4.78, 5) is 24.5. The average Bonchev–Trinajstić information content (AvgIpc) is 2.68. The number of hydrogen-bond acceptors (Lipinski definition) is 5. The highest BCUT2D eigenvalue weighted by Crippen LogP contribution is 2.20. The minimum atomic E-state index is -0.719. The van der Waals surface area contributed by atoms with E-state index in [-0.39, 0.29) is 12.1 Å². The summed E-state index contributed by atoms with van der Waals surface area (Å²) >= 11 is 0. The maximum atomic E-state index is 13.9. The van der Waals surface area contributed by atoms with Crippen molar-refractivity contribution in [2.45, 2.75) is 0 Å². The number of aromatic nitrogens is 3. The van der Waals surface area contributed by atoms with Crippen LogP contribution in [0.15, 0.2) is 55.0 Å². The highest BCUT2D eigenvalue weighted by Gasteiger charge is 2.12. The number of alkyl halides is 1. The second-order valence-electron chi connectivity index (χ2n) is 5.27. The highest BCUT2D eigenvalue weighted by molar-refractivity contribution is 5.95. The van der Waals surface area contributed by atoms with Crippen LogP contribution in [-0.4, -0.2) is 34.1 Å². The standard InChI is InChI=1S/C18H15F2N5O/c19-6-9-23-18(26)14-10-13(3-4-15(14)20)24-16-5-8-22-17(25-16)12-2-1-7-21-11-12/h1-5,7-8,10-11H,6,9H2,(H,23,26)(H,22,24,25). The molecule has 8 heteroatoms. The number of nitrogens with one attached hydrogen (secondary N) is 2. The number of halogens is 2. The van der Waals surface area contributed by atoms with Gasteiger partial charge < -0.3 is 10.6 Å². The van der Waals surface area contributed by atoms with Gasteiger partial charge in [-0.3, -0.25) is 9.78 Å². The van der Waals surface area contributed by atoms with E-state index >= 15 is 0 Å². The van der Waals surface area contributed by atoms with Gasteiger partial charge >= 0.3 is 0 Å². The summed E-state index contributed by atoms with van der Waals surface area (Å²) in [5, 5.41) is 5.30. The Balaban J connectivity index is 1.82. The minimum Gasteiger partial charge on any atom is -0.349 e. The largest absolute Gasteiger partial charge is 0.349 e. The molecular weight excluding hydrogens is 340 g/mol. The van der Waals surface area contributed by atoms with E-state index in [1.54, 1.807) is 30.7 Å². The van der Waals surface area contributed by atoms with E-state index in [0.29, 0.717) is 17.3 Å². The van der Waals surface area contributed by atoms with Crippen molar-refractivity contribution in [3.05, 3.63) is 66.4 Å². The zero-order valence-electron chi connectivity index (χ0n) is 13.6. The van der Waals surface area contributed by atoms with Crippen LogP contribution in [-0.2, 0) is 0 Å². The molecule has 132 valence electrons. The fraction of sp³-hybridized carbons (Fsp3) is 0.111. The molecule has 1 amide bonds. The molecule has 0 spiro atoms. The zero-order chi connectivity index (χ0) is 18.4. The number of amides is 1. The van der Waals surface area contributed by atoms with Crippen molar-refractivity contribution in [1.82, 2.24) is 20.3 Å². The molecule has 2 N–H and O–H groups in total. The van der Waals surface area contributed by atoms with Gasteiger partial charge in [-0.25, -0.2) is 18.7 Å². The molecule has 0 radical (unpaired) electrons. The van der Waals surface area contributed by atoms with Gasteiger partial charge in [-0.05, 0) is 36.4 Å². The highest BCUT2D eigenvalue weighted by atomic mass is 19.1. The molecule has 3 rings (SSSR count). The van der Waals surface area contributed by atoms with Gasteiger partial charge in [-0.1, -0.05) is 0 Å². The zero-order valence-corrected chi connectivity index (χ0v) is 13.6. The number of nitrogens with zero attached hydrogens (tertiary/aromatic N) is 3. The van der Waals surface area contributed by atoms with E-state index in [9.17, 15) is 13.6 Å². The monoisotopic (exact) mass is 355 g/mol. The molecule has 0 aliphatic heterocycles. The Bertz CT molecular complexity index is 905. The first kappa shape index (κ1) is 17.4. The Kier molecular flexibility index (Phi) is 5.43. The summed E-state index contributed by atoms with van der Waals surface area (Å²) in [6.07, 6.45) is 4.87. The third kappa shape index (κ3) is 4.15. The van der Waals surface area contributed by atoms with Gasteiger partial charge in [0, 0.05) is 36.4 Å². The summed E-state index contributed by atoms with van der Waals surface area (Å²) in [7, 11) is 0. The second kappa shape index (κ2) is 8.11. The van der Waals surface area contributed by atoms with Gasteiger partial charge in [0.15, 0.2) is 5.82 Å². The molecule has 0 aliphatic carbocycles. The van der Waals surface area contributed by atoms with Crippen LogP contribution in [0.2, 0.25) is 0 Å². The molecule has 26 heavy (non-hydrogen) atoms. The Morgan fingerprint density at radius 1 is 1.15 bits per heavy atom. The molecule has 6 nitrogen and oxygen atoms in total. The maximum absolute atomic E-state index is 13.9. The number of benzene rings is 1. The lowest BCUT2D eigenvalue weighted by molar-refractivity contribution is 0.0947. The predicted octanol–water partition coefficient (Wildman–Crippen LogP) is 3.12. The first-order valence-electron chi connectivity index (χ1n) is 7.81. The van der Waals surface area contributed by atoms with Crippen LogP contribution in [0.1, 0.15) is 10.4 Å². The molecule has 0 saturated heterocycles. The smallest absolute Gasteiger partial charge is 0.254 e. The van der Waals surface area contributed by atoms with Crippen molar-refractivity contribution in [1.29, 1.82) is 0 Å². The third-order valence-corrected chi connectivity index (χ3v) is 3.44. The molecule has 0 aliphatic rings. The Morgan fingerprint density at radius 3 is 2.81 bits per heavy atom. The van der Waals surface area contributed by atoms with Gasteiger partial charge in [-0.15, -0.1) is 0 Å². The Hall–Kier alpha value is -3.42. The fourth-order valence-electron chi connectivity index (χ4n) is 2.24. The number of carbonyl (C=O) groups is 1. The van der Waals surface area contributed by atoms with Crippen LogP contribution in [0.4, 0.5) is 20.3 Å². The van der Waals surface area contributed by atoms with E-state index < -0.39 is 18.4 Å². The van der Waals surface area contributed by atoms with E-state index in [1.807, 2.05) is 6.07 Å². The van der Waals surface area contributed by atoms with Gasteiger partial charge in [0.2, 0.25) is 0 Å². The summed E-state index contributed by atoms with van der Waals surface area (Å²) in [5.74, 6) is -0.417. The molecular formula is C18H15F2N5O. The van der Waals surface area contributed by atoms with Gasteiger partial charge in [0.05, 0.1) is 5.56 Å². The number of hydrogen-bond donors (Lipinski definition) is 2. The number of anilines is 2. The molecule has 1 aromatic carbocycles. The maximum Gasteiger partial charge on any atom is 0.254 e. The van der Waals surface area contributed by atoms with Crippen LogP contribution in [0.25, 0.3) is 11.4 Å². The quantitative estimate of drug-likeness (QED) is 0.710. The molecule has 2 aromatic heterocycles. The molecule has 0 unspecified atom stereocenters. The minimum absolute atomic E-state index is 0.170. The van der Waals surface area contributed by atoms with Gasteiger partial charge in [-0.2, -0.15) is 0 Å². The summed E-state index contributed by atoms with van der Waals surface area (Å²) in [6.45, 7) is -0.889. The molecule has 0 atom stereocenters. The third-order valence-electron chi connectivity index (χ3n) is 3.44. The van der Waals surface area contributed by atoms with Crippen LogP contribution < -0.4 is 10.6 Å². The van der Waals surface area contributed by atoms with Crippen molar-refractivity contribution < 1.29 is 13.6 Å². The lowest BCUT2D eigenvalue weighted by atomic mass is 10.1. The van der Waals surface area contributed by atoms with Crippen LogP contribution in [0.5, 0.6) is 0 Å². The van der Waals surface area contributed by atoms with Crippen molar-refractivity contribution >= 4 is 17.4 Å². The van der Waals surface area contributed by atoms with Crippen molar-refractivity contribution in [2.24, 2.45) is 0 Å². The van der Waals surface area contributed by atoms with Gasteiger partial charge in [0.1, 0.15) is 18.3 Å². The van der Waals surface area contributed by atoms with Gasteiger partial charge in [0.25, 0.3) is 5.91 Å². The first-order valence-corrected chi connectivity index (χ1v) is 7.81. The van der Waals surface area contributed by atoms with E-state index in [2.05, 4.69) is 25.6 Å².